The topological polar surface area (TPSA) is 71.8 Å². The number of hydrogen-bond acceptors (Lipinski definition) is 4. The zero-order valence-electron chi connectivity index (χ0n) is 15.2. The number of anilines is 2. The molecule has 1 aliphatic heterocycles. The van der Waals surface area contributed by atoms with Gasteiger partial charge in [0.25, 0.3) is 5.91 Å². The summed E-state index contributed by atoms with van der Waals surface area (Å²) in [4.78, 5) is 17.1. The molecule has 1 aliphatic rings. The molecule has 6 nitrogen and oxygen atoms in total. The van der Waals surface area contributed by atoms with Crippen LogP contribution in [0.4, 0.5) is 24.8 Å². The monoisotopic (exact) mass is 399 g/mol. The number of allylic oxidation sites excluding steroid dienone is 1. The Bertz CT molecular complexity index is 1090. The summed E-state index contributed by atoms with van der Waals surface area (Å²) in [7, 11) is 0. The van der Waals surface area contributed by atoms with Gasteiger partial charge in [0.2, 0.25) is 5.95 Å². The molecule has 2 heterocycles. The molecule has 4 rings (SSSR count). The minimum atomic E-state index is -4.59. The van der Waals surface area contributed by atoms with E-state index in [4.69, 9.17) is 0 Å². The molecule has 9 heteroatoms. The predicted molar refractivity (Wildman–Crippen MR) is 101 cm³/mol. The van der Waals surface area contributed by atoms with Gasteiger partial charge in [-0.1, -0.05) is 36.4 Å². The van der Waals surface area contributed by atoms with E-state index in [1.54, 1.807) is 37.3 Å². The summed E-state index contributed by atoms with van der Waals surface area (Å²) < 4.78 is 42.4. The minimum Gasteiger partial charge on any atom is -0.328 e. The van der Waals surface area contributed by atoms with Crippen molar-refractivity contribution in [3.05, 3.63) is 83.3 Å². The molecule has 0 spiro atoms. The Morgan fingerprint density at radius 2 is 1.79 bits per heavy atom. The summed E-state index contributed by atoms with van der Waals surface area (Å²) in [5.74, 6) is -0.259. The number of nitrogens with one attached hydrogen (secondary N) is 2. The van der Waals surface area contributed by atoms with E-state index in [9.17, 15) is 18.0 Å². The normalized spacial score (nSPS) is 16.2. The number of rotatable bonds is 3. The highest BCUT2D eigenvalue weighted by molar-refractivity contribution is 6.06. The van der Waals surface area contributed by atoms with E-state index in [-0.39, 0.29) is 17.1 Å². The van der Waals surface area contributed by atoms with Crippen LogP contribution in [-0.2, 0) is 11.0 Å². The third-order valence-corrected chi connectivity index (χ3v) is 4.63. The van der Waals surface area contributed by atoms with Crippen LogP contribution in [0.5, 0.6) is 0 Å². The molecule has 29 heavy (non-hydrogen) atoms. The Morgan fingerprint density at radius 1 is 1.10 bits per heavy atom. The van der Waals surface area contributed by atoms with Crippen molar-refractivity contribution in [1.82, 2.24) is 14.8 Å². The third kappa shape index (κ3) is 3.46. The molecular weight excluding hydrogens is 383 g/mol. The predicted octanol–water partition coefficient (Wildman–Crippen LogP) is 4.22. The van der Waals surface area contributed by atoms with Crippen LogP contribution >= 0.6 is 0 Å². The molecule has 0 radical (unpaired) electrons. The van der Waals surface area contributed by atoms with Crippen LogP contribution in [-0.4, -0.2) is 20.7 Å². The van der Waals surface area contributed by atoms with Crippen molar-refractivity contribution in [3.63, 3.8) is 0 Å². The second-order valence-corrected chi connectivity index (χ2v) is 6.50. The number of fused-ring (bicyclic) bond motifs is 1. The van der Waals surface area contributed by atoms with Crippen LogP contribution in [0.25, 0.3) is 0 Å². The van der Waals surface area contributed by atoms with Gasteiger partial charge in [-0.25, -0.2) is 4.68 Å². The van der Waals surface area contributed by atoms with Crippen molar-refractivity contribution in [1.29, 1.82) is 0 Å². The maximum Gasteiger partial charge on any atom is 0.416 e. The van der Waals surface area contributed by atoms with Gasteiger partial charge in [0.1, 0.15) is 12.4 Å². The van der Waals surface area contributed by atoms with Crippen molar-refractivity contribution >= 4 is 17.5 Å². The zero-order valence-corrected chi connectivity index (χ0v) is 15.2. The highest BCUT2D eigenvalue weighted by Crippen LogP contribution is 2.41. The Morgan fingerprint density at radius 3 is 2.52 bits per heavy atom. The van der Waals surface area contributed by atoms with Crippen molar-refractivity contribution in [2.24, 2.45) is 0 Å². The number of para-hydroxylation sites is 1. The smallest absolute Gasteiger partial charge is 0.328 e. The summed E-state index contributed by atoms with van der Waals surface area (Å²) in [6, 6.07) is 12.8. The summed E-state index contributed by atoms with van der Waals surface area (Å²) >= 11 is 0. The molecule has 0 fully saturated rings. The van der Waals surface area contributed by atoms with Crippen LogP contribution in [0.1, 0.15) is 24.1 Å². The number of benzene rings is 2. The molecule has 148 valence electrons. The Hall–Kier alpha value is -3.62. The number of alkyl halides is 3. The van der Waals surface area contributed by atoms with Crippen LogP contribution in [0, 0.1) is 0 Å². The van der Waals surface area contributed by atoms with E-state index in [1.807, 2.05) is 0 Å². The standard InChI is InChI=1S/C20H16F3N5O/c1-12-16(18(29)27-13-7-3-2-4-8-13)17(28-19(26-12)24-11-25-28)14-9-5-6-10-15(14)20(21,22)23/h2-11,17H,1H3,(H,27,29)(H,24,25,26)/t17-/m1/s1. The lowest BCUT2D eigenvalue weighted by Crippen LogP contribution is -2.32. The molecule has 3 aromatic rings. The summed E-state index contributed by atoms with van der Waals surface area (Å²) in [5.41, 5.74) is 0.159. The van der Waals surface area contributed by atoms with Crippen molar-refractivity contribution in [2.75, 3.05) is 10.6 Å². The summed E-state index contributed by atoms with van der Waals surface area (Å²) in [5, 5.41) is 9.76. The fourth-order valence-corrected chi connectivity index (χ4v) is 3.39. The van der Waals surface area contributed by atoms with Gasteiger partial charge in [0.15, 0.2) is 0 Å². The fraction of sp³-hybridized carbons (Fsp3) is 0.150. The Labute approximate surface area is 164 Å². The van der Waals surface area contributed by atoms with Crippen molar-refractivity contribution in [3.8, 4) is 0 Å². The van der Waals surface area contributed by atoms with Crippen molar-refractivity contribution in [2.45, 2.75) is 19.1 Å². The molecule has 1 aromatic heterocycles. The van der Waals surface area contributed by atoms with E-state index < -0.39 is 23.7 Å². The average molecular weight is 399 g/mol. The first-order valence-corrected chi connectivity index (χ1v) is 8.76. The number of hydrogen-bond donors (Lipinski definition) is 2. The summed E-state index contributed by atoms with van der Waals surface area (Å²) in [6.07, 6.45) is -3.35. The first-order valence-electron chi connectivity index (χ1n) is 8.76. The number of carbonyl (C=O) groups excluding carboxylic acids is 1. The first-order chi connectivity index (χ1) is 13.9. The summed E-state index contributed by atoms with van der Waals surface area (Å²) in [6.45, 7) is 1.63. The van der Waals surface area contributed by atoms with Gasteiger partial charge < -0.3 is 10.6 Å². The van der Waals surface area contributed by atoms with E-state index in [1.165, 1.54) is 29.2 Å². The fourth-order valence-electron chi connectivity index (χ4n) is 3.39. The molecule has 2 aromatic carbocycles. The maximum absolute atomic E-state index is 13.7. The number of carbonyl (C=O) groups is 1. The molecule has 0 saturated carbocycles. The van der Waals surface area contributed by atoms with E-state index in [2.05, 4.69) is 20.7 Å². The first kappa shape index (κ1) is 18.7. The highest BCUT2D eigenvalue weighted by Gasteiger charge is 2.40. The van der Waals surface area contributed by atoms with Gasteiger partial charge in [0.05, 0.1) is 11.1 Å². The van der Waals surface area contributed by atoms with Crippen LogP contribution < -0.4 is 10.6 Å². The number of nitrogens with zero attached hydrogens (tertiary/aromatic N) is 3. The largest absolute Gasteiger partial charge is 0.416 e. The van der Waals surface area contributed by atoms with Crippen LogP contribution in [0.3, 0.4) is 0 Å². The molecule has 0 bridgehead atoms. The van der Waals surface area contributed by atoms with Gasteiger partial charge >= 0.3 is 6.18 Å². The minimum absolute atomic E-state index is 0.0780. The SMILES string of the molecule is CC1=C(C(=O)Nc2ccccc2)[C@@H](c2ccccc2C(F)(F)F)n2ncnc2N1. The number of aromatic nitrogens is 3. The number of halogens is 3. The second-order valence-electron chi connectivity index (χ2n) is 6.50. The Balaban J connectivity index is 1.85. The lowest BCUT2D eigenvalue weighted by molar-refractivity contribution is -0.138. The van der Waals surface area contributed by atoms with E-state index in [0.29, 0.717) is 11.4 Å². The van der Waals surface area contributed by atoms with Crippen molar-refractivity contribution < 1.29 is 18.0 Å². The van der Waals surface area contributed by atoms with Crippen LogP contribution in [0.15, 0.2) is 72.2 Å². The quantitative estimate of drug-likeness (QED) is 0.692. The Kier molecular flexibility index (Phi) is 4.57. The molecule has 2 N–H and O–H groups in total. The van der Waals surface area contributed by atoms with Gasteiger partial charge in [-0.3, -0.25) is 4.79 Å². The molecule has 0 aliphatic carbocycles. The number of amides is 1. The molecule has 1 amide bonds. The maximum atomic E-state index is 13.7. The molecule has 0 saturated heterocycles. The lowest BCUT2D eigenvalue weighted by atomic mass is 9.91. The van der Waals surface area contributed by atoms with Gasteiger partial charge in [-0.05, 0) is 30.7 Å². The zero-order chi connectivity index (χ0) is 20.6. The highest BCUT2D eigenvalue weighted by atomic mass is 19.4. The lowest BCUT2D eigenvalue weighted by Gasteiger charge is -2.30. The van der Waals surface area contributed by atoms with Gasteiger partial charge in [-0.15, -0.1) is 0 Å². The van der Waals surface area contributed by atoms with Crippen LogP contribution in [0.2, 0.25) is 0 Å². The average Bonchev–Trinajstić information content (AvgIpc) is 3.15. The van der Waals surface area contributed by atoms with Gasteiger partial charge in [0, 0.05) is 11.4 Å². The molecule has 1 atom stereocenters. The van der Waals surface area contributed by atoms with E-state index in [0.717, 1.165) is 6.07 Å². The van der Waals surface area contributed by atoms with Gasteiger partial charge in [-0.2, -0.15) is 23.3 Å². The molecule has 0 unspecified atom stereocenters. The molecular formula is C20H16F3N5O. The second kappa shape index (κ2) is 7.08. The van der Waals surface area contributed by atoms with E-state index >= 15 is 0 Å². The third-order valence-electron chi connectivity index (χ3n) is 4.63.